The average Bonchev–Trinajstić information content (AvgIpc) is 3.20. The number of amides is 1. The number of thiophene rings is 1. The fourth-order valence-electron chi connectivity index (χ4n) is 3.09. The molecule has 0 spiro atoms. The number of fused-ring (bicyclic) bond motifs is 1. The van der Waals surface area contributed by atoms with E-state index < -0.39 is 0 Å². The molecule has 4 rings (SSSR count). The van der Waals surface area contributed by atoms with Gasteiger partial charge < -0.3 is 4.90 Å². The van der Waals surface area contributed by atoms with E-state index in [1.807, 2.05) is 47.2 Å². The van der Waals surface area contributed by atoms with Crippen molar-refractivity contribution in [2.45, 2.75) is 19.5 Å². The van der Waals surface area contributed by atoms with Gasteiger partial charge in [-0.15, -0.1) is 0 Å². The quantitative estimate of drug-likeness (QED) is 0.721. The lowest BCUT2D eigenvalue weighted by Gasteiger charge is -2.19. The molecule has 0 atom stereocenters. The lowest BCUT2D eigenvalue weighted by Crippen LogP contribution is -2.35. The summed E-state index contributed by atoms with van der Waals surface area (Å²) in [5.74, 6) is 0.776. The van der Waals surface area contributed by atoms with Crippen molar-refractivity contribution >= 4 is 17.2 Å². The standard InChI is InChI=1S/C18H18N4O2S/c23-17(15-7-11-25-13-15)20-8-6-16-19-22(18(24)21(16)10-9-20)12-14-4-2-1-3-5-14/h1-5,7,11,13H,6,8-10,12H2. The Hall–Kier alpha value is -2.67. The molecule has 3 aromatic rings. The van der Waals surface area contributed by atoms with Crippen LogP contribution in [0.5, 0.6) is 0 Å². The molecule has 0 N–H and O–H groups in total. The number of rotatable bonds is 3. The first kappa shape index (κ1) is 15.8. The molecular formula is C18H18N4O2S. The maximum Gasteiger partial charge on any atom is 0.346 e. The molecule has 0 bridgehead atoms. The van der Waals surface area contributed by atoms with Crippen molar-refractivity contribution in [2.24, 2.45) is 0 Å². The highest BCUT2D eigenvalue weighted by atomic mass is 32.1. The smallest absolute Gasteiger partial charge is 0.336 e. The molecule has 7 heteroatoms. The Labute approximate surface area is 148 Å². The predicted molar refractivity (Wildman–Crippen MR) is 96.0 cm³/mol. The zero-order valence-electron chi connectivity index (χ0n) is 13.7. The van der Waals surface area contributed by atoms with Gasteiger partial charge in [-0.2, -0.15) is 16.4 Å². The van der Waals surface area contributed by atoms with E-state index in [4.69, 9.17) is 0 Å². The van der Waals surface area contributed by atoms with Gasteiger partial charge in [-0.1, -0.05) is 30.3 Å². The van der Waals surface area contributed by atoms with E-state index in [2.05, 4.69) is 5.10 Å². The van der Waals surface area contributed by atoms with Crippen molar-refractivity contribution < 1.29 is 4.79 Å². The Morgan fingerprint density at radius 3 is 2.72 bits per heavy atom. The molecule has 1 aliphatic rings. The van der Waals surface area contributed by atoms with Gasteiger partial charge in [0.05, 0.1) is 12.1 Å². The number of hydrogen-bond donors (Lipinski definition) is 0. The van der Waals surface area contributed by atoms with Crippen LogP contribution in [0.15, 0.2) is 52.0 Å². The van der Waals surface area contributed by atoms with Crippen LogP contribution in [0.25, 0.3) is 0 Å². The van der Waals surface area contributed by atoms with Crippen molar-refractivity contribution in [3.63, 3.8) is 0 Å². The van der Waals surface area contributed by atoms with Gasteiger partial charge in [0.2, 0.25) is 0 Å². The van der Waals surface area contributed by atoms with Crippen LogP contribution in [0.3, 0.4) is 0 Å². The third-order valence-corrected chi connectivity index (χ3v) is 5.11. The highest BCUT2D eigenvalue weighted by molar-refractivity contribution is 7.08. The molecule has 2 aromatic heterocycles. The van der Waals surface area contributed by atoms with Gasteiger partial charge in [0.25, 0.3) is 5.91 Å². The van der Waals surface area contributed by atoms with Gasteiger partial charge in [0.15, 0.2) is 0 Å². The predicted octanol–water partition coefficient (Wildman–Crippen LogP) is 1.85. The second-order valence-corrected chi connectivity index (χ2v) is 6.83. The normalized spacial score (nSPS) is 14.2. The third kappa shape index (κ3) is 3.15. The fourth-order valence-corrected chi connectivity index (χ4v) is 3.72. The van der Waals surface area contributed by atoms with Crippen LogP contribution in [0.2, 0.25) is 0 Å². The van der Waals surface area contributed by atoms with Crippen molar-refractivity contribution in [3.05, 3.63) is 74.6 Å². The Bertz CT molecular complexity index is 928. The van der Waals surface area contributed by atoms with E-state index in [0.29, 0.717) is 38.2 Å². The molecule has 1 aliphatic heterocycles. The summed E-state index contributed by atoms with van der Waals surface area (Å²) in [6, 6.07) is 11.7. The first-order chi connectivity index (χ1) is 12.2. The molecule has 1 aromatic carbocycles. The molecule has 128 valence electrons. The van der Waals surface area contributed by atoms with Crippen molar-refractivity contribution in [1.29, 1.82) is 0 Å². The minimum atomic E-state index is -0.108. The summed E-state index contributed by atoms with van der Waals surface area (Å²) in [4.78, 5) is 26.9. The van der Waals surface area contributed by atoms with Crippen LogP contribution in [0, 0.1) is 0 Å². The number of nitrogens with zero attached hydrogens (tertiary/aromatic N) is 4. The monoisotopic (exact) mass is 354 g/mol. The summed E-state index contributed by atoms with van der Waals surface area (Å²) in [7, 11) is 0. The summed E-state index contributed by atoms with van der Waals surface area (Å²) in [5.41, 5.74) is 1.65. The van der Waals surface area contributed by atoms with E-state index in [1.165, 1.54) is 16.0 Å². The van der Waals surface area contributed by atoms with Crippen molar-refractivity contribution in [2.75, 3.05) is 13.1 Å². The van der Waals surface area contributed by atoms with E-state index >= 15 is 0 Å². The van der Waals surface area contributed by atoms with Gasteiger partial charge in [-0.05, 0) is 17.0 Å². The molecule has 0 unspecified atom stereocenters. The molecule has 0 radical (unpaired) electrons. The largest absolute Gasteiger partial charge is 0.346 e. The average molecular weight is 354 g/mol. The van der Waals surface area contributed by atoms with Crippen LogP contribution >= 0.6 is 11.3 Å². The maximum atomic E-state index is 12.6. The van der Waals surface area contributed by atoms with Gasteiger partial charge in [-0.3, -0.25) is 9.36 Å². The summed E-state index contributed by atoms with van der Waals surface area (Å²) in [6.45, 7) is 2.06. The number of benzene rings is 1. The molecule has 0 aliphatic carbocycles. The van der Waals surface area contributed by atoms with Gasteiger partial charge in [0, 0.05) is 31.4 Å². The molecular weight excluding hydrogens is 336 g/mol. The van der Waals surface area contributed by atoms with Crippen LogP contribution in [-0.2, 0) is 19.5 Å². The molecule has 0 fully saturated rings. The highest BCUT2D eigenvalue weighted by Crippen LogP contribution is 2.13. The first-order valence-corrected chi connectivity index (χ1v) is 9.18. The Kier molecular flexibility index (Phi) is 4.23. The minimum absolute atomic E-state index is 0.0246. The van der Waals surface area contributed by atoms with E-state index in [0.717, 1.165) is 11.4 Å². The topological polar surface area (TPSA) is 60.1 Å². The SMILES string of the molecule is O=C(c1ccsc1)N1CCc2nn(Cc3ccccc3)c(=O)n2CC1. The first-order valence-electron chi connectivity index (χ1n) is 8.24. The molecule has 6 nitrogen and oxygen atoms in total. The van der Waals surface area contributed by atoms with Gasteiger partial charge in [-0.25, -0.2) is 9.48 Å². The Balaban J connectivity index is 1.52. The van der Waals surface area contributed by atoms with Crippen LogP contribution < -0.4 is 5.69 Å². The minimum Gasteiger partial charge on any atom is -0.336 e. The lowest BCUT2D eigenvalue weighted by molar-refractivity contribution is 0.0759. The molecule has 0 saturated carbocycles. The van der Waals surface area contributed by atoms with Crippen LogP contribution in [0.4, 0.5) is 0 Å². The number of aromatic nitrogens is 3. The van der Waals surface area contributed by atoms with Crippen molar-refractivity contribution in [3.8, 4) is 0 Å². The van der Waals surface area contributed by atoms with Gasteiger partial charge >= 0.3 is 5.69 Å². The third-order valence-electron chi connectivity index (χ3n) is 4.43. The maximum absolute atomic E-state index is 12.6. The molecule has 25 heavy (non-hydrogen) atoms. The highest BCUT2D eigenvalue weighted by Gasteiger charge is 2.23. The van der Waals surface area contributed by atoms with Gasteiger partial charge in [0.1, 0.15) is 5.82 Å². The Morgan fingerprint density at radius 1 is 1.12 bits per heavy atom. The van der Waals surface area contributed by atoms with Crippen molar-refractivity contribution in [1.82, 2.24) is 19.2 Å². The number of carbonyl (C=O) groups is 1. The zero-order chi connectivity index (χ0) is 17.2. The number of hydrogen-bond acceptors (Lipinski definition) is 4. The summed E-state index contributed by atoms with van der Waals surface area (Å²) < 4.78 is 3.21. The van der Waals surface area contributed by atoms with E-state index in [1.54, 1.807) is 9.47 Å². The second-order valence-electron chi connectivity index (χ2n) is 6.05. The molecule has 1 amide bonds. The zero-order valence-corrected chi connectivity index (χ0v) is 14.5. The number of carbonyl (C=O) groups excluding carboxylic acids is 1. The summed E-state index contributed by atoms with van der Waals surface area (Å²) in [6.07, 6.45) is 0.590. The molecule has 3 heterocycles. The summed E-state index contributed by atoms with van der Waals surface area (Å²) in [5, 5.41) is 8.25. The fraction of sp³-hybridized carbons (Fsp3) is 0.278. The summed E-state index contributed by atoms with van der Waals surface area (Å²) >= 11 is 1.51. The van der Waals surface area contributed by atoms with Crippen LogP contribution in [0.1, 0.15) is 21.7 Å². The van der Waals surface area contributed by atoms with E-state index in [-0.39, 0.29) is 11.6 Å². The second kappa shape index (κ2) is 6.68. The van der Waals surface area contributed by atoms with E-state index in [9.17, 15) is 9.59 Å². The lowest BCUT2D eigenvalue weighted by atomic mass is 10.2. The molecule has 0 saturated heterocycles. The Morgan fingerprint density at radius 2 is 1.96 bits per heavy atom. The van der Waals surface area contributed by atoms with Crippen LogP contribution in [-0.4, -0.2) is 38.2 Å².